The van der Waals surface area contributed by atoms with Gasteiger partial charge in [-0.05, 0) is 33.6 Å². The minimum atomic E-state index is -0.0949. The number of hydrogen-bond donors (Lipinski definition) is 1. The Bertz CT molecular complexity index is 306. The van der Waals surface area contributed by atoms with Crippen LogP contribution in [0.25, 0.3) is 0 Å². The number of amides is 2. The Kier molecular flexibility index (Phi) is 6.28. The quantitative estimate of drug-likeness (QED) is 0.804. The van der Waals surface area contributed by atoms with Crippen molar-refractivity contribution in [2.45, 2.75) is 46.1 Å². The Morgan fingerprint density at radius 3 is 2.21 bits per heavy atom. The first-order valence-electron chi connectivity index (χ1n) is 7.31. The fourth-order valence-electron chi connectivity index (χ4n) is 2.57. The summed E-state index contributed by atoms with van der Waals surface area (Å²) in [6.07, 6.45) is 1.95. The first-order valence-corrected chi connectivity index (χ1v) is 7.31. The van der Waals surface area contributed by atoms with Crippen molar-refractivity contribution >= 4 is 11.8 Å². The molecule has 0 spiro atoms. The monoisotopic (exact) mass is 269 g/mol. The highest BCUT2D eigenvalue weighted by Crippen LogP contribution is 2.20. The van der Waals surface area contributed by atoms with Gasteiger partial charge < -0.3 is 15.5 Å². The lowest BCUT2D eigenvalue weighted by Gasteiger charge is -2.34. The van der Waals surface area contributed by atoms with Crippen LogP contribution in [0.2, 0.25) is 0 Å². The minimum absolute atomic E-state index is 0.0826. The fourth-order valence-corrected chi connectivity index (χ4v) is 2.57. The Labute approximate surface area is 116 Å². The Morgan fingerprint density at radius 1 is 1.26 bits per heavy atom. The summed E-state index contributed by atoms with van der Waals surface area (Å²) in [5.74, 6) is 0.437. The Morgan fingerprint density at radius 2 is 1.79 bits per heavy atom. The Balaban J connectivity index is 2.44. The molecule has 5 heteroatoms. The van der Waals surface area contributed by atoms with E-state index < -0.39 is 0 Å². The number of likely N-dealkylation sites (tertiary alicyclic amines) is 1. The van der Waals surface area contributed by atoms with Crippen molar-refractivity contribution in [1.29, 1.82) is 0 Å². The van der Waals surface area contributed by atoms with Crippen LogP contribution in [0.4, 0.5) is 0 Å². The molecule has 0 radical (unpaired) electrons. The normalized spacial score (nSPS) is 18.2. The topological polar surface area (TPSA) is 66.6 Å². The third-order valence-electron chi connectivity index (χ3n) is 3.77. The molecule has 0 aromatic heterocycles. The Hall–Kier alpha value is -1.10. The second kappa shape index (κ2) is 7.48. The van der Waals surface area contributed by atoms with Crippen molar-refractivity contribution in [1.82, 2.24) is 9.80 Å². The number of carbonyl (C=O) groups is 2. The molecule has 0 aliphatic carbocycles. The summed E-state index contributed by atoms with van der Waals surface area (Å²) in [6.45, 7) is 8.74. The highest BCUT2D eigenvalue weighted by atomic mass is 16.2. The number of piperidine rings is 1. The highest BCUT2D eigenvalue weighted by Gasteiger charge is 2.29. The van der Waals surface area contributed by atoms with Crippen LogP contribution in [0.3, 0.4) is 0 Å². The van der Waals surface area contributed by atoms with Crippen LogP contribution in [0, 0.1) is 5.92 Å². The average Bonchev–Trinajstić information content (AvgIpc) is 2.39. The molecule has 0 bridgehead atoms. The molecule has 0 aromatic carbocycles. The van der Waals surface area contributed by atoms with E-state index in [2.05, 4.69) is 0 Å². The largest absolute Gasteiger partial charge is 0.343 e. The van der Waals surface area contributed by atoms with E-state index in [0.29, 0.717) is 19.5 Å². The van der Waals surface area contributed by atoms with Gasteiger partial charge in [-0.2, -0.15) is 0 Å². The second-order valence-electron chi connectivity index (χ2n) is 5.35. The molecule has 1 aliphatic heterocycles. The summed E-state index contributed by atoms with van der Waals surface area (Å²) in [4.78, 5) is 27.8. The van der Waals surface area contributed by atoms with E-state index in [1.165, 1.54) is 0 Å². The molecular formula is C14H27N3O2. The molecule has 0 saturated carbocycles. The van der Waals surface area contributed by atoms with Crippen LogP contribution in [-0.4, -0.2) is 53.8 Å². The van der Waals surface area contributed by atoms with Crippen LogP contribution in [0.1, 0.15) is 40.0 Å². The van der Waals surface area contributed by atoms with E-state index in [4.69, 9.17) is 5.73 Å². The van der Waals surface area contributed by atoms with Crippen molar-refractivity contribution < 1.29 is 9.59 Å². The summed E-state index contributed by atoms with van der Waals surface area (Å²) in [6, 6.07) is -0.0949. The zero-order valence-electron chi connectivity index (χ0n) is 12.4. The molecule has 1 heterocycles. The van der Waals surface area contributed by atoms with E-state index in [1.807, 2.05) is 30.6 Å². The van der Waals surface area contributed by atoms with Crippen LogP contribution in [0.15, 0.2) is 0 Å². The summed E-state index contributed by atoms with van der Waals surface area (Å²) in [5.41, 5.74) is 5.64. The van der Waals surface area contributed by atoms with E-state index in [9.17, 15) is 9.59 Å². The van der Waals surface area contributed by atoms with E-state index in [-0.39, 0.29) is 23.8 Å². The third kappa shape index (κ3) is 4.49. The van der Waals surface area contributed by atoms with Gasteiger partial charge in [-0.15, -0.1) is 0 Å². The van der Waals surface area contributed by atoms with E-state index in [1.54, 1.807) is 0 Å². The smallest absolute Gasteiger partial charge is 0.225 e. The van der Waals surface area contributed by atoms with E-state index >= 15 is 0 Å². The molecule has 5 nitrogen and oxygen atoms in total. The van der Waals surface area contributed by atoms with Crippen molar-refractivity contribution in [3.05, 3.63) is 0 Å². The summed E-state index contributed by atoms with van der Waals surface area (Å²) >= 11 is 0. The summed E-state index contributed by atoms with van der Waals surface area (Å²) in [5, 5.41) is 0. The van der Waals surface area contributed by atoms with Crippen LogP contribution in [-0.2, 0) is 9.59 Å². The van der Waals surface area contributed by atoms with Crippen LogP contribution >= 0.6 is 0 Å². The first kappa shape index (κ1) is 16.0. The van der Waals surface area contributed by atoms with Crippen molar-refractivity contribution in [2.24, 2.45) is 11.7 Å². The molecule has 0 aromatic rings. The predicted molar refractivity (Wildman–Crippen MR) is 75.5 cm³/mol. The average molecular weight is 269 g/mol. The number of nitrogens with zero attached hydrogens (tertiary/aromatic N) is 2. The molecule has 2 amide bonds. The van der Waals surface area contributed by atoms with Gasteiger partial charge in [0, 0.05) is 44.6 Å². The van der Waals surface area contributed by atoms with Gasteiger partial charge in [0.1, 0.15) is 0 Å². The number of nitrogens with two attached hydrogens (primary N) is 1. The molecule has 2 N–H and O–H groups in total. The van der Waals surface area contributed by atoms with Crippen molar-refractivity contribution in [3.8, 4) is 0 Å². The lowest BCUT2D eigenvalue weighted by Crippen LogP contribution is -2.45. The van der Waals surface area contributed by atoms with Crippen LogP contribution < -0.4 is 5.73 Å². The molecular weight excluding hydrogens is 242 g/mol. The van der Waals surface area contributed by atoms with Gasteiger partial charge in [-0.3, -0.25) is 9.59 Å². The van der Waals surface area contributed by atoms with Gasteiger partial charge in [0.2, 0.25) is 11.8 Å². The number of rotatable bonds is 5. The number of hydrogen-bond acceptors (Lipinski definition) is 3. The number of carbonyl (C=O) groups excluding carboxylic acids is 2. The van der Waals surface area contributed by atoms with Gasteiger partial charge in [-0.1, -0.05) is 0 Å². The van der Waals surface area contributed by atoms with Crippen molar-refractivity contribution in [2.75, 3.05) is 26.2 Å². The van der Waals surface area contributed by atoms with Crippen molar-refractivity contribution in [3.63, 3.8) is 0 Å². The molecule has 110 valence electrons. The summed E-state index contributed by atoms with van der Waals surface area (Å²) in [7, 11) is 0. The van der Waals surface area contributed by atoms with Gasteiger partial charge in [0.05, 0.1) is 0 Å². The highest BCUT2D eigenvalue weighted by molar-refractivity contribution is 5.80. The lowest BCUT2D eigenvalue weighted by molar-refractivity contribution is -0.140. The minimum Gasteiger partial charge on any atom is -0.343 e. The maximum Gasteiger partial charge on any atom is 0.225 e. The maximum atomic E-state index is 12.2. The molecule has 1 fully saturated rings. The molecule has 1 saturated heterocycles. The van der Waals surface area contributed by atoms with Crippen LogP contribution in [0.5, 0.6) is 0 Å². The van der Waals surface area contributed by atoms with Gasteiger partial charge in [-0.25, -0.2) is 0 Å². The first-order chi connectivity index (χ1) is 8.99. The predicted octanol–water partition coefficient (Wildman–Crippen LogP) is 0.831. The zero-order valence-corrected chi connectivity index (χ0v) is 12.4. The zero-order chi connectivity index (χ0) is 14.4. The SMILES string of the molecule is CCN(CC)C(=O)C1CCN(C(=O)CC(C)N)CC1. The fraction of sp³-hybridized carbons (Fsp3) is 0.857. The third-order valence-corrected chi connectivity index (χ3v) is 3.77. The summed E-state index contributed by atoms with van der Waals surface area (Å²) < 4.78 is 0. The maximum absolute atomic E-state index is 12.2. The molecule has 1 aliphatic rings. The second-order valence-corrected chi connectivity index (χ2v) is 5.35. The molecule has 1 atom stereocenters. The van der Waals surface area contributed by atoms with E-state index in [0.717, 1.165) is 25.9 Å². The molecule has 1 unspecified atom stereocenters. The van der Waals surface area contributed by atoms with Gasteiger partial charge in [0.15, 0.2) is 0 Å². The van der Waals surface area contributed by atoms with Gasteiger partial charge >= 0.3 is 0 Å². The lowest BCUT2D eigenvalue weighted by atomic mass is 9.95. The standard InChI is InChI=1S/C14H27N3O2/c1-4-16(5-2)14(19)12-6-8-17(9-7-12)13(18)10-11(3)15/h11-12H,4-10,15H2,1-3H3. The van der Waals surface area contributed by atoms with Gasteiger partial charge in [0.25, 0.3) is 0 Å². The molecule has 1 rings (SSSR count). The molecule has 19 heavy (non-hydrogen) atoms.